The van der Waals surface area contributed by atoms with E-state index in [9.17, 15) is 4.79 Å². The van der Waals surface area contributed by atoms with Crippen molar-refractivity contribution in [3.8, 4) is 11.4 Å². The van der Waals surface area contributed by atoms with Gasteiger partial charge in [-0.3, -0.25) is 4.79 Å². The number of amides is 1. The van der Waals surface area contributed by atoms with Crippen molar-refractivity contribution in [2.45, 2.75) is 6.04 Å². The molecule has 1 aromatic heterocycles. The molecular formula is C14H14N4O. The van der Waals surface area contributed by atoms with Crippen LogP contribution >= 0.6 is 0 Å². The van der Waals surface area contributed by atoms with Crippen LogP contribution in [0.25, 0.3) is 11.4 Å². The number of aromatic nitrogens is 2. The zero-order valence-electron chi connectivity index (χ0n) is 10.6. The van der Waals surface area contributed by atoms with Gasteiger partial charge in [0.25, 0.3) is 5.91 Å². The summed E-state index contributed by atoms with van der Waals surface area (Å²) in [6.07, 6.45) is 3.67. The molecule has 1 amide bonds. The zero-order chi connectivity index (χ0) is 13.4. The fraction of sp³-hybridized carbons (Fsp3) is 0.143. The summed E-state index contributed by atoms with van der Waals surface area (Å²) < 4.78 is 1.96. The molecule has 1 atom stereocenters. The molecule has 96 valence electrons. The van der Waals surface area contributed by atoms with E-state index < -0.39 is 0 Å². The third-order valence-electron chi connectivity index (χ3n) is 3.18. The molecule has 0 spiro atoms. The molecule has 3 rings (SSSR count). The Labute approximate surface area is 111 Å². The molecule has 1 saturated heterocycles. The van der Waals surface area contributed by atoms with Crippen LogP contribution in [-0.2, 0) is 11.8 Å². The van der Waals surface area contributed by atoms with Crippen molar-refractivity contribution in [2.24, 2.45) is 7.05 Å². The second-order valence-corrected chi connectivity index (χ2v) is 4.53. The number of benzene rings is 1. The van der Waals surface area contributed by atoms with Crippen LogP contribution < -0.4 is 10.6 Å². The Morgan fingerprint density at radius 3 is 2.58 bits per heavy atom. The molecule has 1 fully saturated rings. The first-order chi connectivity index (χ1) is 9.15. The largest absolute Gasteiger partial charge is 0.357 e. The lowest BCUT2D eigenvalue weighted by Gasteiger charge is -2.09. The van der Waals surface area contributed by atoms with Crippen LogP contribution in [0.4, 0.5) is 0 Å². The Hall–Kier alpha value is -2.56. The third kappa shape index (κ3) is 1.99. The summed E-state index contributed by atoms with van der Waals surface area (Å²) >= 11 is 0. The fourth-order valence-corrected chi connectivity index (χ4v) is 2.20. The van der Waals surface area contributed by atoms with E-state index in [1.807, 2.05) is 42.1 Å². The van der Waals surface area contributed by atoms with Gasteiger partial charge in [-0.25, -0.2) is 4.98 Å². The molecule has 19 heavy (non-hydrogen) atoms. The number of nitrogens with one attached hydrogen (secondary N) is 2. The fourth-order valence-electron chi connectivity index (χ4n) is 2.20. The third-order valence-corrected chi connectivity index (χ3v) is 3.18. The monoisotopic (exact) mass is 254 g/mol. The topological polar surface area (TPSA) is 59.0 Å². The molecule has 1 aromatic carbocycles. The second-order valence-electron chi connectivity index (χ2n) is 4.53. The van der Waals surface area contributed by atoms with Crippen LogP contribution in [0.1, 0.15) is 11.6 Å². The molecule has 2 aromatic rings. The molecule has 0 bridgehead atoms. The molecule has 0 radical (unpaired) electrons. The quantitative estimate of drug-likeness (QED) is 0.849. The first-order valence-corrected chi connectivity index (χ1v) is 5.99. The van der Waals surface area contributed by atoms with Gasteiger partial charge in [0.05, 0.1) is 5.82 Å². The summed E-state index contributed by atoms with van der Waals surface area (Å²) in [4.78, 5) is 16.0. The van der Waals surface area contributed by atoms with Crippen LogP contribution in [0.5, 0.6) is 0 Å². The van der Waals surface area contributed by atoms with E-state index in [1.54, 1.807) is 6.20 Å². The summed E-state index contributed by atoms with van der Waals surface area (Å²) in [6, 6.07) is 7.43. The molecule has 5 nitrogen and oxygen atoms in total. The maximum Gasteiger partial charge on any atom is 0.252 e. The molecule has 5 heteroatoms. The van der Waals surface area contributed by atoms with Crippen molar-refractivity contribution in [1.82, 2.24) is 20.2 Å². The highest BCUT2D eigenvalue weighted by Gasteiger charge is 2.27. The normalized spacial score (nSPS) is 18.3. The Balaban J connectivity index is 1.89. The van der Waals surface area contributed by atoms with Gasteiger partial charge in [-0.15, -0.1) is 0 Å². The van der Waals surface area contributed by atoms with Crippen LogP contribution in [0.15, 0.2) is 49.1 Å². The molecule has 0 aliphatic carbocycles. The van der Waals surface area contributed by atoms with Gasteiger partial charge in [0.15, 0.2) is 0 Å². The highest BCUT2D eigenvalue weighted by molar-refractivity contribution is 5.87. The van der Waals surface area contributed by atoms with Crippen molar-refractivity contribution in [3.63, 3.8) is 0 Å². The van der Waals surface area contributed by atoms with Gasteiger partial charge in [-0.2, -0.15) is 0 Å². The molecule has 2 N–H and O–H groups in total. The number of hydrogen-bond donors (Lipinski definition) is 2. The maximum absolute atomic E-state index is 11.7. The lowest BCUT2D eigenvalue weighted by molar-refractivity contribution is -0.120. The van der Waals surface area contributed by atoms with Crippen molar-refractivity contribution in [3.05, 3.63) is 54.6 Å². The summed E-state index contributed by atoms with van der Waals surface area (Å²) in [5.74, 6) is 1.37. The van der Waals surface area contributed by atoms with E-state index in [0.717, 1.165) is 17.0 Å². The van der Waals surface area contributed by atoms with Crippen molar-refractivity contribution in [1.29, 1.82) is 0 Å². The van der Waals surface area contributed by atoms with E-state index in [2.05, 4.69) is 22.2 Å². The van der Waals surface area contributed by atoms with Crippen LogP contribution in [0.2, 0.25) is 0 Å². The molecule has 1 aliphatic rings. The van der Waals surface area contributed by atoms with E-state index in [4.69, 9.17) is 0 Å². The van der Waals surface area contributed by atoms with Gasteiger partial charge in [0, 0.05) is 25.0 Å². The highest BCUT2D eigenvalue weighted by atomic mass is 16.2. The zero-order valence-corrected chi connectivity index (χ0v) is 10.6. The average Bonchev–Trinajstić information content (AvgIpc) is 2.96. The minimum atomic E-state index is -0.358. The summed E-state index contributed by atoms with van der Waals surface area (Å²) in [6.45, 7) is 3.69. The number of nitrogens with zero attached hydrogens (tertiary/aromatic N) is 2. The minimum absolute atomic E-state index is 0.0743. The van der Waals surface area contributed by atoms with Gasteiger partial charge >= 0.3 is 0 Å². The molecule has 1 aliphatic heterocycles. The predicted molar refractivity (Wildman–Crippen MR) is 71.8 cm³/mol. The Kier molecular flexibility index (Phi) is 2.59. The molecule has 2 heterocycles. The summed E-state index contributed by atoms with van der Waals surface area (Å²) in [5, 5.41) is 5.67. The van der Waals surface area contributed by atoms with Crippen molar-refractivity contribution >= 4 is 5.91 Å². The van der Waals surface area contributed by atoms with Gasteiger partial charge < -0.3 is 15.2 Å². The number of rotatable bonds is 2. The van der Waals surface area contributed by atoms with Gasteiger partial charge in [0.1, 0.15) is 11.9 Å². The lowest BCUT2D eigenvalue weighted by atomic mass is 10.0. The van der Waals surface area contributed by atoms with Crippen molar-refractivity contribution < 1.29 is 4.79 Å². The molecular weight excluding hydrogens is 240 g/mol. The SMILES string of the molecule is C=C1NC(=O)C(c2ccc(-c3nccn3C)cc2)N1. The maximum atomic E-state index is 11.7. The van der Waals surface area contributed by atoms with Gasteiger partial charge in [0.2, 0.25) is 0 Å². The Morgan fingerprint density at radius 1 is 1.32 bits per heavy atom. The minimum Gasteiger partial charge on any atom is -0.357 e. The smallest absolute Gasteiger partial charge is 0.252 e. The van der Waals surface area contributed by atoms with Crippen LogP contribution in [0.3, 0.4) is 0 Å². The van der Waals surface area contributed by atoms with Crippen molar-refractivity contribution in [2.75, 3.05) is 0 Å². The number of carbonyl (C=O) groups excluding carboxylic acids is 1. The van der Waals surface area contributed by atoms with Gasteiger partial charge in [-0.1, -0.05) is 30.8 Å². The van der Waals surface area contributed by atoms with Gasteiger partial charge in [-0.05, 0) is 5.56 Å². The van der Waals surface area contributed by atoms with Crippen LogP contribution in [-0.4, -0.2) is 15.5 Å². The molecule has 0 saturated carbocycles. The lowest BCUT2D eigenvalue weighted by Crippen LogP contribution is -2.19. The Bertz CT molecular complexity index is 642. The second kappa shape index (κ2) is 4.28. The average molecular weight is 254 g/mol. The number of imidazole rings is 1. The highest BCUT2D eigenvalue weighted by Crippen LogP contribution is 2.22. The molecule has 1 unspecified atom stereocenters. The standard InChI is InChI=1S/C14H14N4O/c1-9-16-12(14(19)17-9)10-3-5-11(6-4-10)13-15-7-8-18(13)2/h3-8,12,16H,1H2,2H3,(H,17,19). The summed E-state index contributed by atoms with van der Waals surface area (Å²) in [5.41, 5.74) is 1.93. The number of hydrogen-bond acceptors (Lipinski definition) is 3. The van der Waals surface area contributed by atoms with E-state index in [0.29, 0.717) is 5.82 Å². The number of carbonyl (C=O) groups is 1. The van der Waals surface area contributed by atoms with E-state index in [-0.39, 0.29) is 11.9 Å². The predicted octanol–water partition coefficient (Wildman–Crippen LogP) is 1.32. The Morgan fingerprint density at radius 2 is 2.05 bits per heavy atom. The first kappa shape index (κ1) is 11.5. The van der Waals surface area contributed by atoms with E-state index in [1.165, 1.54) is 0 Å². The first-order valence-electron chi connectivity index (χ1n) is 5.99. The summed E-state index contributed by atoms with van der Waals surface area (Å²) in [7, 11) is 1.95. The van der Waals surface area contributed by atoms with Crippen LogP contribution in [0, 0.1) is 0 Å². The van der Waals surface area contributed by atoms with E-state index >= 15 is 0 Å². The number of aryl methyl sites for hydroxylation is 1.